The van der Waals surface area contributed by atoms with Crippen LogP contribution in [0.3, 0.4) is 0 Å². The van der Waals surface area contributed by atoms with E-state index in [1.54, 1.807) is 7.11 Å². The van der Waals surface area contributed by atoms with Gasteiger partial charge in [0.05, 0.1) is 11.9 Å². The van der Waals surface area contributed by atoms with Gasteiger partial charge in [-0.3, -0.25) is 0 Å². The molecular weight excluding hydrogens is 392 g/mol. The van der Waals surface area contributed by atoms with Crippen molar-refractivity contribution >= 4 is 42.6 Å². The van der Waals surface area contributed by atoms with Gasteiger partial charge in [0.15, 0.2) is 0 Å². The zero-order valence-electron chi connectivity index (χ0n) is 11.5. The largest absolute Gasteiger partial charge is 0.497 e. The first kappa shape index (κ1) is 14.6. The van der Waals surface area contributed by atoms with E-state index in [0.717, 1.165) is 10.2 Å². The van der Waals surface area contributed by atoms with Crippen LogP contribution >= 0.6 is 31.9 Å². The average molecular weight is 406 g/mol. The molecule has 0 bridgehead atoms. The predicted octanol–water partition coefficient (Wildman–Crippen LogP) is 6.10. The fourth-order valence-electron chi connectivity index (χ4n) is 2.39. The summed E-state index contributed by atoms with van der Waals surface area (Å²) in [5, 5.41) is 2.40. The monoisotopic (exact) mass is 404 g/mol. The molecule has 0 aliphatic carbocycles. The number of fused-ring (bicyclic) bond motifs is 1. The van der Waals surface area contributed by atoms with Crippen LogP contribution < -0.4 is 4.74 Å². The van der Waals surface area contributed by atoms with Crippen LogP contribution in [-0.4, -0.2) is 7.11 Å². The number of ether oxygens (including phenoxy) is 1. The minimum atomic E-state index is 0.166. The van der Waals surface area contributed by atoms with Crippen molar-refractivity contribution in [2.45, 2.75) is 4.83 Å². The van der Waals surface area contributed by atoms with Gasteiger partial charge in [0.1, 0.15) is 5.75 Å². The predicted molar refractivity (Wildman–Crippen MR) is 95.4 cm³/mol. The van der Waals surface area contributed by atoms with E-state index >= 15 is 0 Å². The maximum atomic E-state index is 5.27. The summed E-state index contributed by atoms with van der Waals surface area (Å²) in [4.78, 5) is 0.166. The smallest absolute Gasteiger partial charge is 0.119 e. The number of hydrogen-bond acceptors (Lipinski definition) is 1. The summed E-state index contributed by atoms with van der Waals surface area (Å²) in [6, 6.07) is 20.9. The Morgan fingerprint density at radius 1 is 0.905 bits per heavy atom. The Morgan fingerprint density at radius 2 is 1.62 bits per heavy atom. The third-order valence-electron chi connectivity index (χ3n) is 3.54. The van der Waals surface area contributed by atoms with Gasteiger partial charge < -0.3 is 4.74 Å². The highest BCUT2D eigenvalue weighted by Gasteiger charge is 2.13. The summed E-state index contributed by atoms with van der Waals surface area (Å²) in [5.41, 5.74) is 2.46. The topological polar surface area (TPSA) is 9.23 Å². The van der Waals surface area contributed by atoms with Gasteiger partial charge in [-0.05, 0) is 46.2 Å². The lowest BCUT2D eigenvalue weighted by atomic mass is 10.0. The van der Waals surface area contributed by atoms with Gasteiger partial charge in [0.2, 0.25) is 0 Å². The van der Waals surface area contributed by atoms with Crippen molar-refractivity contribution < 1.29 is 4.74 Å². The highest BCUT2D eigenvalue weighted by atomic mass is 79.9. The van der Waals surface area contributed by atoms with Gasteiger partial charge in [-0.1, -0.05) is 68.3 Å². The van der Waals surface area contributed by atoms with Crippen LogP contribution in [0.5, 0.6) is 5.75 Å². The van der Waals surface area contributed by atoms with E-state index in [1.165, 1.54) is 21.9 Å². The first-order chi connectivity index (χ1) is 10.2. The summed E-state index contributed by atoms with van der Waals surface area (Å²) < 4.78 is 6.38. The fourth-order valence-corrected chi connectivity index (χ4v) is 3.89. The number of halogens is 2. The Bertz CT molecular complexity index is 783. The van der Waals surface area contributed by atoms with E-state index in [0.29, 0.717) is 0 Å². The normalized spacial score (nSPS) is 12.3. The highest BCUT2D eigenvalue weighted by molar-refractivity contribution is 9.11. The molecule has 0 N–H and O–H groups in total. The Balaban J connectivity index is 2.03. The summed E-state index contributed by atoms with van der Waals surface area (Å²) in [6.07, 6.45) is 0. The molecule has 1 atom stereocenters. The molecule has 0 heterocycles. The summed E-state index contributed by atoms with van der Waals surface area (Å²) in [6.45, 7) is 0. The zero-order chi connectivity index (χ0) is 14.8. The molecule has 21 heavy (non-hydrogen) atoms. The van der Waals surface area contributed by atoms with Crippen molar-refractivity contribution in [1.29, 1.82) is 0 Å². The molecule has 3 heteroatoms. The zero-order valence-corrected chi connectivity index (χ0v) is 14.7. The molecular formula is C18H14Br2O. The second-order valence-electron chi connectivity index (χ2n) is 4.86. The fraction of sp³-hybridized carbons (Fsp3) is 0.111. The lowest BCUT2D eigenvalue weighted by molar-refractivity contribution is 0.415. The SMILES string of the molecule is COc1ccc2cc(C(Br)c3ccccc3Br)ccc2c1. The van der Waals surface area contributed by atoms with Gasteiger partial charge in [0.25, 0.3) is 0 Å². The quantitative estimate of drug-likeness (QED) is 0.478. The Hall–Kier alpha value is -1.32. The van der Waals surface area contributed by atoms with Gasteiger partial charge >= 0.3 is 0 Å². The third kappa shape index (κ3) is 2.99. The first-order valence-electron chi connectivity index (χ1n) is 6.65. The van der Waals surface area contributed by atoms with Crippen LogP contribution in [0.1, 0.15) is 16.0 Å². The van der Waals surface area contributed by atoms with E-state index < -0.39 is 0 Å². The number of alkyl halides is 1. The van der Waals surface area contributed by atoms with Gasteiger partial charge in [-0.25, -0.2) is 0 Å². The lowest BCUT2D eigenvalue weighted by Gasteiger charge is -2.13. The van der Waals surface area contributed by atoms with Crippen LogP contribution in [0, 0.1) is 0 Å². The molecule has 106 valence electrons. The maximum Gasteiger partial charge on any atom is 0.119 e. The van der Waals surface area contributed by atoms with Crippen molar-refractivity contribution in [2.24, 2.45) is 0 Å². The molecule has 0 spiro atoms. The van der Waals surface area contributed by atoms with E-state index in [1.807, 2.05) is 12.1 Å². The Morgan fingerprint density at radius 3 is 2.38 bits per heavy atom. The van der Waals surface area contributed by atoms with E-state index in [4.69, 9.17) is 4.74 Å². The molecule has 0 saturated carbocycles. The van der Waals surface area contributed by atoms with Crippen molar-refractivity contribution in [1.82, 2.24) is 0 Å². The van der Waals surface area contributed by atoms with Crippen LogP contribution in [-0.2, 0) is 0 Å². The average Bonchev–Trinajstić information content (AvgIpc) is 2.53. The molecule has 0 aliphatic heterocycles. The molecule has 0 aliphatic rings. The summed E-state index contributed by atoms with van der Waals surface area (Å²) in [5.74, 6) is 0.886. The molecule has 1 unspecified atom stereocenters. The van der Waals surface area contributed by atoms with Crippen molar-refractivity contribution in [3.63, 3.8) is 0 Å². The van der Waals surface area contributed by atoms with E-state index in [9.17, 15) is 0 Å². The molecule has 0 aromatic heterocycles. The van der Waals surface area contributed by atoms with Crippen molar-refractivity contribution in [3.05, 3.63) is 76.3 Å². The van der Waals surface area contributed by atoms with Crippen molar-refractivity contribution in [3.8, 4) is 5.75 Å². The number of rotatable bonds is 3. The lowest BCUT2D eigenvalue weighted by Crippen LogP contribution is -1.94. The number of hydrogen-bond donors (Lipinski definition) is 0. The molecule has 0 saturated heterocycles. The first-order valence-corrected chi connectivity index (χ1v) is 8.36. The van der Waals surface area contributed by atoms with E-state index in [-0.39, 0.29) is 4.83 Å². The summed E-state index contributed by atoms with van der Waals surface area (Å²) in [7, 11) is 1.69. The van der Waals surface area contributed by atoms with Gasteiger partial charge in [-0.15, -0.1) is 0 Å². The standard InChI is InChI=1S/C18H14Br2O/c1-21-15-9-8-12-10-14(7-6-13(12)11-15)18(20)16-4-2-3-5-17(16)19/h2-11,18H,1H3. The molecule has 3 aromatic rings. The Kier molecular flexibility index (Phi) is 4.32. The molecule has 3 rings (SSSR count). The molecule has 3 aromatic carbocycles. The molecule has 0 radical (unpaired) electrons. The van der Waals surface area contributed by atoms with Gasteiger partial charge in [-0.2, -0.15) is 0 Å². The molecule has 1 nitrogen and oxygen atoms in total. The third-order valence-corrected chi connectivity index (χ3v) is 5.29. The summed E-state index contributed by atoms with van der Waals surface area (Å²) >= 11 is 7.42. The van der Waals surface area contributed by atoms with Gasteiger partial charge in [0, 0.05) is 4.47 Å². The minimum Gasteiger partial charge on any atom is -0.497 e. The number of methoxy groups -OCH3 is 1. The second kappa shape index (κ2) is 6.20. The maximum absolute atomic E-state index is 5.27. The van der Waals surface area contributed by atoms with Crippen LogP contribution in [0.4, 0.5) is 0 Å². The Labute approximate surface area is 141 Å². The minimum absolute atomic E-state index is 0.166. The molecule has 0 amide bonds. The van der Waals surface area contributed by atoms with Crippen molar-refractivity contribution in [2.75, 3.05) is 7.11 Å². The molecule has 0 fully saturated rings. The van der Waals surface area contributed by atoms with E-state index in [2.05, 4.69) is 80.4 Å². The second-order valence-corrected chi connectivity index (χ2v) is 6.63. The number of benzene rings is 3. The van der Waals surface area contributed by atoms with Crippen LogP contribution in [0.25, 0.3) is 10.8 Å². The van der Waals surface area contributed by atoms with Crippen LogP contribution in [0.15, 0.2) is 65.1 Å². The highest BCUT2D eigenvalue weighted by Crippen LogP contribution is 2.36. The van der Waals surface area contributed by atoms with Crippen LogP contribution in [0.2, 0.25) is 0 Å².